The van der Waals surface area contributed by atoms with Gasteiger partial charge in [0.2, 0.25) is 0 Å². The number of benzene rings is 2. The van der Waals surface area contributed by atoms with Crippen molar-refractivity contribution < 1.29 is 18.7 Å². The third kappa shape index (κ3) is 4.51. The molecule has 8 heteroatoms. The summed E-state index contributed by atoms with van der Waals surface area (Å²) in [6.45, 7) is 3.45. The fourth-order valence-corrected chi connectivity index (χ4v) is 5.40. The number of carbonyl (C=O) groups excluding carboxylic acids is 2. The van der Waals surface area contributed by atoms with Gasteiger partial charge >= 0.3 is 5.97 Å². The standard InChI is InChI=1S/C29H24N2O5S/c1-4-22-25(28(34)35-3)26(20-8-6-5-7-9-20)31-27(33)24(37-29(31)30-22)16-21-14-15-23(36-21)19-12-10-18(11-13-19)17(2)32/h5-16,26H,4H2,1-3H3/b24-16+/t26-/m1/s1. The van der Waals surface area contributed by atoms with Gasteiger partial charge in [-0.25, -0.2) is 9.79 Å². The van der Waals surface area contributed by atoms with Gasteiger partial charge in [-0.1, -0.05) is 72.9 Å². The van der Waals surface area contributed by atoms with Crippen LogP contribution < -0.4 is 14.9 Å². The Balaban J connectivity index is 1.61. The lowest BCUT2D eigenvalue weighted by Gasteiger charge is -2.25. The van der Waals surface area contributed by atoms with Gasteiger partial charge < -0.3 is 9.15 Å². The Morgan fingerprint density at radius 2 is 1.81 bits per heavy atom. The number of hydrogen-bond donors (Lipinski definition) is 0. The molecule has 0 radical (unpaired) electrons. The van der Waals surface area contributed by atoms with E-state index in [1.54, 1.807) is 28.8 Å². The second-order valence-electron chi connectivity index (χ2n) is 8.53. The Hall–Kier alpha value is -4.30. The molecule has 1 aliphatic rings. The van der Waals surface area contributed by atoms with E-state index in [0.29, 0.717) is 44.1 Å². The Morgan fingerprint density at radius 3 is 2.46 bits per heavy atom. The van der Waals surface area contributed by atoms with Crippen LogP contribution in [0.1, 0.15) is 48.0 Å². The zero-order valence-electron chi connectivity index (χ0n) is 20.6. The molecule has 1 atom stereocenters. The summed E-state index contributed by atoms with van der Waals surface area (Å²) in [5.74, 6) is 0.625. The van der Waals surface area contributed by atoms with Gasteiger partial charge in [0.1, 0.15) is 11.5 Å². The maximum absolute atomic E-state index is 13.7. The highest BCUT2D eigenvalue weighted by Crippen LogP contribution is 2.31. The predicted molar refractivity (Wildman–Crippen MR) is 141 cm³/mol. The van der Waals surface area contributed by atoms with E-state index >= 15 is 0 Å². The number of Topliss-reactive ketones (excluding diaryl/α,β-unsaturated/α-hetero) is 1. The first-order valence-electron chi connectivity index (χ1n) is 11.8. The summed E-state index contributed by atoms with van der Waals surface area (Å²) in [7, 11) is 1.33. The highest BCUT2D eigenvalue weighted by molar-refractivity contribution is 7.07. The van der Waals surface area contributed by atoms with Crippen LogP contribution in [0.2, 0.25) is 0 Å². The molecule has 5 rings (SSSR count). The zero-order valence-corrected chi connectivity index (χ0v) is 21.4. The zero-order chi connectivity index (χ0) is 26.1. The maximum atomic E-state index is 13.7. The average molecular weight is 513 g/mol. The first-order chi connectivity index (χ1) is 17.9. The Kier molecular flexibility index (Phi) is 6.58. The van der Waals surface area contributed by atoms with Gasteiger partial charge in [-0.3, -0.25) is 14.2 Å². The molecule has 0 aliphatic carbocycles. The van der Waals surface area contributed by atoms with Crippen LogP contribution in [0.15, 0.2) is 92.2 Å². The topological polar surface area (TPSA) is 90.9 Å². The molecule has 3 heterocycles. The molecule has 7 nitrogen and oxygen atoms in total. The highest BCUT2D eigenvalue weighted by Gasteiger charge is 2.33. The Bertz CT molecular complexity index is 1710. The van der Waals surface area contributed by atoms with E-state index in [2.05, 4.69) is 4.99 Å². The molecule has 0 spiro atoms. The molecule has 2 aromatic carbocycles. The second kappa shape index (κ2) is 9.99. The number of carbonyl (C=O) groups is 2. The van der Waals surface area contributed by atoms with E-state index in [9.17, 15) is 14.4 Å². The first-order valence-corrected chi connectivity index (χ1v) is 12.6. The molecule has 0 amide bonds. The SMILES string of the molecule is CCC1=C(C(=O)OC)[C@@H](c2ccccc2)n2c(s/c(=C/c3ccc(-c4ccc(C(C)=O)cc4)o3)c2=O)=N1. The number of furan rings is 1. The van der Waals surface area contributed by atoms with Gasteiger partial charge in [0.15, 0.2) is 10.6 Å². The first kappa shape index (κ1) is 24.4. The summed E-state index contributed by atoms with van der Waals surface area (Å²) in [5.41, 5.74) is 2.95. The number of rotatable bonds is 6. The predicted octanol–water partition coefficient (Wildman–Crippen LogP) is 4.26. The van der Waals surface area contributed by atoms with Crippen LogP contribution in [0.25, 0.3) is 17.4 Å². The van der Waals surface area contributed by atoms with Crippen LogP contribution in [0.4, 0.5) is 0 Å². The summed E-state index contributed by atoms with van der Waals surface area (Å²) in [6, 6.07) is 19.5. The molecule has 37 heavy (non-hydrogen) atoms. The summed E-state index contributed by atoms with van der Waals surface area (Å²) in [5, 5.41) is 0. The molecule has 0 saturated carbocycles. The number of aromatic nitrogens is 1. The molecular weight excluding hydrogens is 488 g/mol. The molecule has 0 bridgehead atoms. The lowest BCUT2D eigenvalue weighted by atomic mass is 9.95. The van der Waals surface area contributed by atoms with Crippen molar-refractivity contribution in [1.82, 2.24) is 4.57 Å². The van der Waals surface area contributed by atoms with E-state index in [0.717, 1.165) is 11.1 Å². The van der Waals surface area contributed by atoms with Crippen LogP contribution in [0.5, 0.6) is 0 Å². The van der Waals surface area contributed by atoms with E-state index < -0.39 is 12.0 Å². The number of nitrogens with zero attached hydrogens (tertiary/aromatic N) is 2. The van der Waals surface area contributed by atoms with Crippen LogP contribution in [0, 0.1) is 0 Å². The highest BCUT2D eigenvalue weighted by atomic mass is 32.1. The number of hydrogen-bond acceptors (Lipinski definition) is 7. The molecule has 186 valence electrons. The smallest absolute Gasteiger partial charge is 0.338 e. The van der Waals surface area contributed by atoms with Crippen molar-refractivity contribution >= 4 is 29.2 Å². The van der Waals surface area contributed by atoms with E-state index in [-0.39, 0.29) is 11.3 Å². The fraction of sp³-hybridized carbons (Fsp3) is 0.172. The minimum atomic E-state index is -0.644. The van der Waals surface area contributed by atoms with Crippen LogP contribution in [0.3, 0.4) is 0 Å². The van der Waals surface area contributed by atoms with Crippen LogP contribution in [-0.4, -0.2) is 23.4 Å². The monoisotopic (exact) mass is 512 g/mol. The lowest BCUT2D eigenvalue weighted by molar-refractivity contribution is -0.136. The quantitative estimate of drug-likeness (QED) is 0.284. The number of thiazole rings is 1. The third-order valence-electron chi connectivity index (χ3n) is 6.24. The number of methoxy groups -OCH3 is 1. The van der Waals surface area contributed by atoms with Crippen molar-refractivity contribution in [2.75, 3.05) is 7.11 Å². The lowest BCUT2D eigenvalue weighted by Crippen LogP contribution is -2.40. The summed E-state index contributed by atoms with van der Waals surface area (Å²) < 4.78 is 13.1. The van der Waals surface area contributed by atoms with Gasteiger partial charge in [0.05, 0.1) is 29.0 Å². The molecule has 1 aliphatic heterocycles. The number of ether oxygens (including phenoxy) is 1. The number of ketones is 1. The molecule has 0 saturated heterocycles. The maximum Gasteiger partial charge on any atom is 0.338 e. The molecule has 4 aromatic rings. The normalized spacial score (nSPS) is 15.3. The van der Waals surface area contributed by atoms with Crippen molar-refractivity contribution in [2.45, 2.75) is 26.3 Å². The summed E-state index contributed by atoms with van der Waals surface area (Å²) >= 11 is 1.25. The summed E-state index contributed by atoms with van der Waals surface area (Å²) in [6.07, 6.45) is 2.20. The number of fused-ring (bicyclic) bond motifs is 1. The van der Waals surface area contributed by atoms with Crippen molar-refractivity contribution in [3.05, 3.63) is 115 Å². The third-order valence-corrected chi connectivity index (χ3v) is 7.22. The van der Waals surface area contributed by atoms with Gasteiger partial charge in [-0.2, -0.15) is 0 Å². The van der Waals surface area contributed by atoms with Crippen molar-refractivity contribution in [1.29, 1.82) is 0 Å². The van der Waals surface area contributed by atoms with Gasteiger partial charge in [-0.05, 0) is 31.0 Å². The Labute approximate surface area is 216 Å². The van der Waals surface area contributed by atoms with Crippen molar-refractivity contribution in [3.63, 3.8) is 0 Å². The minimum Gasteiger partial charge on any atom is -0.466 e. The molecular formula is C29H24N2O5S. The molecule has 0 unspecified atom stereocenters. The van der Waals surface area contributed by atoms with E-state index in [4.69, 9.17) is 9.15 Å². The van der Waals surface area contributed by atoms with Crippen molar-refractivity contribution in [3.8, 4) is 11.3 Å². The van der Waals surface area contributed by atoms with E-state index in [1.165, 1.54) is 25.4 Å². The summed E-state index contributed by atoms with van der Waals surface area (Å²) in [4.78, 5) is 43.2. The number of allylic oxidation sites excluding steroid dienone is 1. The van der Waals surface area contributed by atoms with Gasteiger partial charge in [0.25, 0.3) is 5.56 Å². The van der Waals surface area contributed by atoms with Gasteiger partial charge in [-0.15, -0.1) is 0 Å². The van der Waals surface area contributed by atoms with Crippen LogP contribution >= 0.6 is 11.3 Å². The average Bonchev–Trinajstić information content (AvgIpc) is 3.52. The van der Waals surface area contributed by atoms with Crippen LogP contribution in [-0.2, 0) is 9.53 Å². The minimum absolute atomic E-state index is 0.00236. The fourth-order valence-electron chi connectivity index (χ4n) is 4.40. The number of esters is 1. The largest absolute Gasteiger partial charge is 0.466 e. The van der Waals surface area contributed by atoms with E-state index in [1.807, 2.05) is 55.5 Å². The van der Waals surface area contributed by atoms with Gasteiger partial charge in [0, 0.05) is 17.2 Å². The molecule has 2 aromatic heterocycles. The van der Waals surface area contributed by atoms with Crippen molar-refractivity contribution in [2.24, 2.45) is 4.99 Å². The molecule has 0 fully saturated rings. The Morgan fingerprint density at radius 1 is 1.08 bits per heavy atom. The molecule has 0 N–H and O–H groups in total. The second-order valence-corrected chi connectivity index (χ2v) is 9.54.